The molecule has 0 aliphatic heterocycles. The first-order chi connectivity index (χ1) is 13.1. The minimum atomic E-state index is -4.51. The van der Waals surface area contributed by atoms with E-state index < -0.39 is 29.5 Å². The molecule has 1 unspecified atom stereocenters. The third-order valence-corrected chi connectivity index (χ3v) is 4.33. The maximum Gasteiger partial charge on any atom is 0.416 e. The predicted octanol–water partition coefficient (Wildman–Crippen LogP) is 3.94. The predicted molar refractivity (Wildman–Crippen MR) is 93.5 cm³/mol. The van der Waals surface area contributed by atoms with Crippen molar-refractivity contribution in [1.82, 2.24) is 9.78 Å². The Labute approximate surface area is 157 Å². The fourth-order valence-electron chi connectivity index (χ4n) is 2.76. The molecule has 0 fully saturated rings. The Bertz CT molecular complexity index is 1060. The van der Waals surface area contributed by atoms with Crippen LogP contribution < -0.4 is 4.74 Å². The van der Waals surface area contributed by atoms with Gasteiger partial charge in [-0.3, -0.25) is 9.48 Å². The van der Waals surface area contributed by atoms with E-state index in [1.165, 1.54) is 24.8 Å². The summed E-state index contributed by atoms with van der Waals surface area (Å²) in [5, 5.41) is 13.8. The van der Waals surface area contributed by atoms with Gasteiger partial charge in [0.15, 0.2) is 0 Å². The monoisotopic (exact) mass is 392 g/mol. The van der Waals surface area contributed by atoms with Gasteiger partial charge in [0.1, 0.15) is 17.5 Å². The standard InChI is InChI=1S/C19H15F3N2O4/c1-10(18(26)27)24-15-8-7-13(28-2)9-14(15)16(23-24)17(25)11-3-5-12(6-4-11)19(20,21)22/h3-10H,1-2H3,(H,26,27). The van der Waals surface area contributed by atoms with E-state index >= 15 is 0 Å². The number of aliphatic carboxylic acids is 1. The van der Waals surface area contributed by atoms with Gasteiger partial charge in [-0.05, 0) is 37.3 Å². The van der Waals surface area contributed by atoms with Crippen LogP contribution in [0.3, 0.4) is 0 Å². The number of hydrogen-bond donors (Lipinski definition) is 1. The summed E-state index contributed by atoms with van der Waals surface area (Å²) in [5.74, 6) is -1.34. The highest BCUT2D eigenvalue weighted by molar-refractivity contribution is 6.15. The molecule has 1 atom stereocenters. The highest BCUT2D eigenvalue weighted by Crippen LogP contribution is 2.31. The van der Waals surface area contributed by atoms with Crippen LogP contribution in [0.15, 0.2) is 42.5 Å². The summed E-state index contributed by atoms with van der Waals surface area (Å²) < 4.78 is 44.5. The van der Waals surface area contributed by atoms with Crippen molar-refractivity contribution in [3.05, 3.63) is 59.3 Å². The Morgan fingerprint density at radius 1 is 1.14 bits per heavy atom. The molecule has 9 heteroatoms. The molecule has 0 saturated carbocycles. The smallest absolute Gasteiger partial charge is 0.416 e. The largest absolute Gasteiger partial charge is 0.497 e. The summed E-state index contributed by atoms with van der Waals surface area (Å²) in [6.45, 7) is 1.41. The van der Waals surface area contributed by atoms with Gasteiger partial charge >= 0.3 is 12.1 Å². The number of carbonyl (C=O) groups excluding carboxylic acids is 1. The molecule has 28 heavy (non-hydrogen) atoms. The first kappa shape index (κ1) is 19.4. The molecule has 3 rings (SSSR count). The van der Waals surface area contributed by atoms with Crippen LogP contribution in [0.1, 0.15) is 34.6 Å². The van der Waals surface area contributed by atoms with E-state index in [0.29, 0.717) is 16.7 Å². The van der Waals surface area contributed by atoms with Gasteiger partial charge in [-0.2, -0.15) is 18.3 Å². The zero-order valence-electron chi connectivity index (χ0n) is 14.8. The number of carboxylic acids is 1. The van der Waals surface area contributed by atoms with Gasteiger partial charge in [0.05, 0.1) is 18.2 Å². The van der Waals surface area contributed by atoms with Crippen molar-refractivity contribution >= 4 is 22.7 Å². The highest BCUT2D eigenvalue weighted by Gasteiger charge is 2.31. The Morgan fingerprint density at radius 2 is 1.79 bits per heavy atom. The van der Waals surface area contributed by atoms with E-state index in [1.54, 1.807) is 12.1 Å². The number of carboxylic acid groups (broad SMARTS) is 1. The molecule has 0 amide bonds. The van der Waals surface area contributed by atoms with E-state index in [-0.39, 0.29) is 11.3 Å². The number of ether oxygens (including phenoxy) is 1. The average Bonchev–Trinajstić information content (AvgIpc) is 3.04. The zero-order valence-corrected chi connectivity index (χ0v) is 14.8. The summed E-state index contributed by atoms with van der Waals surface area (Å²) in [6, 6.07) is 7.41. The van der Waals surface area contributed by atoms with Crippen molar-refractivity contribution in [3.8, 4) is 5.75 Å². The number of alkyl halides is 3. The number of benzene rings is 2. The van der Waals surface area contributed by atoms with Crippen LogP contribution in [0.4, 0.5) is 13.2 Å². The van der Waals surface area contributed by atoms with Gasteiger partial charge in [0.25, 0.3) is 0 Å². The van der Waals surface area contributed by atoms with Crippen LogP contribution in [0.5, 0.6) is 5.75 Å². The fraction of sp³-hybridized carbons (Fsp3) is 0.211. The molecule has 146 valence electrons. The van der Waals surface area contributed by atoms with E-state index in [9.17, 15) is 27.9 Å². The molecule has 2 aromatic carbocycles. The number of hydrogen-bond acceptors (Lipinski definition) is 4. The molecule has 0 spiro atoms. The van der Waals surface area contributed by atoms with Gasteiger partial charge in [-0.25, -0.2) is 4.79 Å². The zero-order chi connectivity index (χ0) is 20.6. The van der Waals surface area contributed by atoms with Crippen LogP contribution in [0, 0.1) is 0 Å². The summed E-state index contributed by atoms with van der Waals surface area (Å²) >= 11 is 0. The Hall–Kier alpha value is -3.36. The fourth-order valence-corrected chi connectivity index (χ4v) is 2.76. The molecule has 0 saturated heterocycles. The topological polar surface area (TPSA) is 81.4 Å². The van der Waals surface area contributed by atoms with Crippen molar-refractivity contribution in [2.24, 2.45) is 0 Å². The lowest BCUT2D eigenvalue weighted by atomic mass is 10.0. The van der Waals surface area contributed by atoms with Gasteiger partial charge in [0.2, 0.25) is 5.78 Å². The summed E-state index contributed by atoms with van der Waals surface area (Å²) in [6.07, 6.45) is -4.51. The maximum atomic E-state index is 12.9. The van der Waals surface area contributed by atoms with Crippen molar-refractivity contribution in [2.45, 2.75) is 19.1 Å². The minimum Gasteiger partial charge on any atom is -0.497 e. The molecule has 0 radical (unpaired) electrons. The molecule has 1 N–H and O–H groups in total. The SMILES string of the molecule is COc1ccc2c(c1)c(C(=O)c1ccc(C(F)(F)F)cc1)nn2C(C)C(=O)O. The van der Waals surface area contributed by atoms with Crippen molar-refractivity contribution in [3.63, 3.8) is 0 Å². The van der Waals surface area contributed by atoms with Gasteiger partial charge in [-0.1, -0.05) is 12.1 Å². The molecule has 0 bridgehead atoms. The van der Waals surface area contributed by atoms with E-state index in [4.69, 9.17) is 4.74 Å². The van der Waals surface area contributed by atoms with Crippen LogP contribution in [-0.2, 0) is 11.0 Å². The molecule has 3 aromatic rings. The number of nitrogens with zero attached hydrogens (tertiary/aromatic N) is 2. The molecule has 0 aliphatic carbocycles. The lowest BCUT2D eigenvalue weighted by molar-refractivity contribution is -0.140. The maximum absolute atomic E-state index is 12.9. The second-order valence-corrected chi connectivity index (χ2v) is 6.09. The van der Waals surface area contributed by atoms with Gasteiger partial charge in [-0.15, -0.1) is 0 Å². The van der Waals surface area contributed by atoms with Crippen molar-refractivity contribution < 1.29 is 32.6 Å². The van der Waals surface area contributed by atoms with Gasteiger partial charge < -0.3 is 9.84 Å². The third-order valence-electron chi connectivity index (χ3n) is 4.33. The molecule has 1 aromatic heterocycles. The van der Waals surface area contributed by atoms with Crippen LogP contribution in [0.25, 0.3) is 10.9 Å². The number of carbonyl (C=O) groups is 2. The minimum absolute atomic E-state index is 0.00495. The third kappa shape index (κ3) is 3.42. The summed E-state index contributed by atoms with van der Waals surface area (Å²) in [4.78, 5) is 24.3. The Balaban J connectivity index is 2.13. The second-order valence-electron chi connectivity index (χ2n) is 6.09. The molecular weight excluding hydrogens is 377 g/mol. The number of halogens is 3. The first-order valence-electron chi connectivity index (χ1n) is 8.14. The number of rotatable bonds is 5. The summed E-state index contributed by atoms with van der Waals surface area (Å²) in [7, 11) is 1.43. The molecule has 1 heterocycles. The van der Waals surface area contributed by atoms with E-state index in [0.717, 1.165) is 24.3 Å². The number of fused-ring (bicyclic) bond motifs is 1. The lowest BCUT2D eigenvalue weighted by Gasteiger charge is -2.08. The Kier molecular flexibility index (Phi) is 4.84. The molecule has 0 aliphatic rings. The van der Waals surface area contributed by atoms with E-state index in [1.807, 2.05) is 0 Å². The number of aromatic nitrogens is 2. The lowest BCUT2D eigenvalue weighted by Crippen LogP contribution is -2.17. The second kappa shape index (κ2) is 6.99. The van der Waals surface area contributed by atoms with E-state index in [2.05, 4.69) is 5.10 Å². The van der Waals surface area contributed by atoms with Crippen LogP contribution >= 0.6 is 0 Å². The quantitative estimate of drug-likeness (QED) is 0.665. The first-order valence-corrected chi connectivity index (χ1v) is 8.14. The van der Waals surface area contributed by atoms with Crippen molar-refractivity contribution in [2.75, 3.05) is 7.11 Å². The number of ketones is 1. The molecular formula is C19H15F3N2O4. The average molecular weight is 392 g/mol. The summed E-state index contributed by atoms with van der Waals surface area (Å²) in [5.41, 5.74) is -0.543. The highest BCUT2D eigenvalue weighted by atomic mass is 19.4. The van der Waals surface area contributed by atoms with Gasteiger partial charge in [0, 0.05) is 10.9 Å². The Morgan fingerprint density at radius 3 is 2.32 bits per heavy atom. The number of methoxy groups -OCH3 is 1. The van der Waals surface area contributed by atoms with Crippen LogP contribution in [-0.4, -0.2) is 33.7 Å². The van der Waals surface area contributed by atoms with Crippen LogP contribution in [0.2, 0.25) is 0 Å². The van der Waals surface area contributed by atoms with Crippen molar-refractivity contribution in [1.29, 1.82) is 0 Å². The molecule has 6 nitrogen and oxygen atoms in total. The normalized spacial score (nSPS) is 12.8.